The molecule has 2 amide bonds. The molecule has 0 saturated heterocycles. The largest absolute Gasteiger partial charge is 0.497 e. The zero-order valence-electron chi connectivity index (χ0n) is 42.7. The number of rotatable bonds is 15. The molecule has 0 bridgehead atoms. The molecule has 0 spiro atoms. The van der Waals surface area contributed by atoms with Crippen molar-refractivity contribution >= 4 is 46.3 Å². The summed E-state index contributed by atoms with van der Waals surface area (Å²) in [7, 11) is 4.51. The standard InChI is InChI=1S/C52H44ClF4N7O7.2C2H6/c1-6-32(54)46(33(55)7-2)37-21-38(48-40(60-37)26-64(52(48)66)24-27-12-14-29(67-3)18-41(27)68-4)61-44-22-43(49-50(62-44)58-16-9-17-70-49)71-30-15-13-28(42(19-30)69-5)23-63-25-39-45(51(63)65)31(53)20-36(59-39)47-34(56)10-8-11-35(47)57;2*1-2/h6-8,10-15,18-22H,1,9,16-17,23-26H2,2-5H3,(H2,58,60,61,62);2*1-2H3/b33-7+,46-32-;;. The molecule has 3 aliphatic rings. The van der Waals surface area contributed by atoms with Gasteiger partial charge < -0.3 is 44.1 Å². The number of fused-ring (bicyclic) bond motifs is 3. The number of carbonyl (C=O) groups excluding carboxylic acids is 2. The first-order valence-corrected chi connectivity index (χ1v) is 24.6. The van der Waals surface area contributed by atoms with Gasteiger partial charge in [-0.05, 0) is 68.0 Å². The molecule has 0 radical (unpaired) electrons. The maximum atomic E-state index is 15.5. The lowest BCUT2D eigenvalue weighted by Crippen LogP contribution is -2.24. The average molecular weight is 1050 g/mol. The number of amides is 2. The van der Waals surface area contributed by atoms with Crippen LogP contribution in [0.25, 0.3) is 16.8 Å². The summed E-state index contributed by atoms with van der Waals surface area (Å²) in [6, 6.07) is 17.9. The Labute approximate surface area is 437 Å². The van der Waals surface area contributed by atoms with E-state index in [2.05, 4.69) is 27.2 Å². The van der Waals surface area contributed by atoms with Crippen molar-refractivity contribution in [2.45, 2.75) is 67.2 Å². The first-order chi connectivity index (χ1) is 36.3. The van der Waals surface area contributed by atoms with Gasteiger partial charge in [0.05, 0.1) is 110 Å². The van der Waals surface area contributed by atoms with Crippen molar-refractivity contribution in [3.8, 4) is 45.8 Å². The molecule has 3 aliphatic heterocycles. The van der Waals surface area contributed by atoms with E-state index in [0.717, 1.165) is 24.3 Å². The van der Waals surface area contributed by atoms with Gasteiger partial charge in [-0.15, -0.1) is 0 Å². The molecule has 3 aromatic heterocycles. The van der Waals surface area contributed by atoms with Crippen molar-refractivity contribution in [2.75, 3.05) is 45.1 Å². The third-order valence-electron chi connectivity index (χ3n) is 12.0. The van der Waals surface area contributed by atoms with E-state index in [4.69, 9.17) is 40.3 Å². The number of hydrogen-bond donors (Lipinski definition) is 2. The number of ether oxygens (including phenoxy) is 5. The number of carbonyl (C=O) groups is 2. The Balaban J connectivity index is 0.00000200. The Morgan fingerprint density at radius 3 is 2.01 bits per heavy atom. The molecule has 0 unspecified atom stereocenters. The number of halogens is 5. The molecule has 75 heavy (non-hydrogen) atoms. The van der Waals surface area contributed by atoms with Gasteiger partial charge in [0.25, 0.3) is 11.8 Å². The maximum Gasteiger partial charge on any atom is 0.258 e. The van der Waals surface area contributed by atoms with Crippen LogP contribution in [0.4, 0.5) is 34.9 Å². The van der Waals surface area contributed by atoms with E-state index in [1.165, 1.54) is 51.4 Å². The fourth-order valence-electron chi connectivity index (χ4n) is 8.57. The number of aromatic nitrogens is 3. The molecule has 9 rings (SSSR count). The number of hydrogen-bond acceptors (Lipinski definition) is 12. The molecule has 19 heteroatoms. The summed E-state index contributed by atoms with van der Waals surface area (Å²) in [5.74, 6) is -1.62. The second-order valence-electron chi connectivity index (χ2n) is 16.4. The second-order valence-corrected chi connectivity index (χ2v) is 16.8. The fourth-order valence-corrected chi connectivity index (χ4v) is 8.87. The third-order valence-corrected chi connectivity index (χ3v) is 12.3. The molecule has 0 saturated carbocycles. The molecule has 3 aromatic carbocycles. The molecule has 0 aliphatic carbocycles. The summed E-state index contributed by atoms with van der Waals surface area (Å²) in [6.07, 6.45) is 2.62. The smallest absolute Gasteiger partial charge is 0.258 e. The number of allylic oxidation sites excluding steroid dienone is 5. The monoisotopic (exact) mass is 1050 g/mol. The lowest BCUT2D eigenvalue weighted by Gasteiger charge is -2.20. The van der Waals surface area contributed by atoms with Crippen molar-refractivity contribution in [2.24, 2.45) is 0 Å². The third kappa shape index (κ3) is 11.4. The summed E-state index contributed by atoms with van der Waals surface area (Å²) in [5, 5.41) is 6.51. The Hall–Kier alpha value is -8.12. The number of pyridine rings is 3. The first kappa shape index (κ1) is 54.6. The van der Waals surface area contributed by atoms with Gasteiger partial charge in [-0.1, -0.05) is 58.0 Å². The molecule has 6 aromatic rings. The minimum Gasteiger partial charge on any atom is -0.497 e. The van der Waals surface area contributed by atoms with Crippen LogP contribution in [0.2, 0.25) is 5.02 Å². The lowest BCUT2D eigenvalue weighted by atomic mass is 10.0. The lowest BCUT2D eigenvalue weighted by molar-refractivity contribution is 0.0758. The highest BCUT2D eigenvalue weighted by Gasteiger charge is 2.36. The summed E-state index contributed by atoms with van der Waals surface area (Å²) >= 11 is 6.54. The normalized spacial score (nSPS) is 13.8. The van der Waals surface area contributed by atoms with E-state index in [-0.39, 0.29) is 87.9 Å². The van der Waals surface area contributed by atoms with Crippen LogP contribution in [-0.4, -0.2) is 71.0 Å². The summed E-state index contributed by atoms with van der Waals surface area (Å²) in [5.41, 5.74) is 1.30. The predicted octanol–water partition coefficient (Wildman–Crippen LogP) is 13.3. The van der Waals surface area contributed by atoms with Gasteiger partial charge in [-0.25, -0.2) is 32.5 Å². The van der Waals surface area contributed by atoms with Crippen molar-refractivity contribution < 1.29 is 50.8 Å². The van der Waals surface area contributed by atoms with Crippen LogP contribution in [0.1, 0.15) is 90.0 Å². The van der Waals surface area contributed by atoms with Gasteiger partial charge in [-0.2, -0.15) is 0 Å². The van der Waals surface area contributed by atoms with Crippen LogP contribution in [0.15, 0.2) is 103 Å². The molecule has 2 N–H and O–H groups in total. The van der Waals surface area contributed by atoms with Crippen LogP contribution < -0.4 is 34.3 Å². The van der Waals surface area contributed by atoms with E-state index in [1.54, 1.807) is 47.4 Å². The number of nitrogens with one attached hydrogen (secondary N) is 2. The molecular weight excluding hydrogens is 994 g/mol. The van der Waals surface area contributed by atoms with Crippen LogP contribution in [0.3, 0.4) is 0 Å². The van der Waals surface area contributed by atoms with E-state index < -0.39 is 40.7 Å². The zero-order chi connectivity index (χ0) is 54.1. The van der Waals surface area contributed by atoms with Crippen LogP contribution >= 0.6 is 11.6 Å². The maximum absolute atomic E-state index is 15.5. The predicted molar refractivity (Wildman–Crippen MR) is 281 cm³/mol. The van der Waals surface area contributed by atoms with Gasteiger partial charge in [0, 0.05) is 35.9 Å². The van der Waals surface area contributed by atoms with Crippen molar-refractivity contribution in [3.63, 3.8) is 0 Å². The van der Waals surface area contributed by atoms with E-state index in [9.17, 15) is 18.4 Å². The average Bonchev–Trinajstić information content (AvgIpc) is 3.79. The van der Waals surface area contributed by atoms with Crippen molar-refractivity contribution in [1.82, 2.24) is 24.8 Å². The molecule has 0 atom stereocenters. The Kier molecular flexibility index (Phi) is 17.7. The van der Waals surface area contributed by atoms with Crippen LogP contribution in [-0.2, 0) is 26.2 Å². The highest BCUT2D eigenvalue weighted by Crippen LogP contribution is 2.44. The van der Waals surface area contributed by atoms with Gasteiger partial charge in [0.15, 0.2) is 11.6 Å². The SMILES string of the molecule is C=C/C(F)=C(\C(F)=C/C)c1cc(Nc2cc(Oc3ccc(CN4Cc5nc(-c6c(F)cccc6F)cc(Cl)c5C4=O)c(OC)c3)c3c(n2)NCCCO3)c2c(n1)CN(Cc1ccc(OC)cc1OC)C2=O.CC.CC. The highest BCUT2D eigenvalue weighted by atomic mass is 35.5. The summed E-state index contributed by atoms with van der Waals surface area (Å²) in [6.45, 7) is 13.9. The Bertz CT molecular complexity index is 3210. The quantitative estimate of drug-likeness (QED) is 0.0744. The summed E-state index contributed by atoms with van der Waals surface area (Å²) in [4.78, 5) is 45.0. The Morgan fingerprint density at radius 1 is 0.787 bits per heavy atom. The van der Waals surface area contributed by atoms with Gasteiger partial charge in [0.1, 0.15) is 52.1 Å². The van der Waals surface area contributed by atoms with E-state index in [0.29, 0.717) is 65.3 Å². The number of nitrogens with zero attached hydrogens (tertiary/aromatic N) is 5. The minimum atomic E-state index is -0.962. The molecule has 14 nitrogen and oxygen atoms in total. The van der Waals surface area contributed by atoms with Crippen LogP contribution in [0, 0.1) is 11.6 Å². The van der Waals surface area contributed by atoms with E-state index >= 15 is 8.78 Å². The Morgan fingerprint density at radius 2 is 1.40 bits per heavy atom. The zero-order valence-corrected chi connectivity index (χ0v) is 43.5. The molecule has 0 fully saturated rings. The van der Waals surface area contributed by atoms with Gasteiger partial charge in [0.2, 0.25) is 5.75 Å². The molecular formula is C56H56ClF4N7O7. The second kappa shape index (κ2) is 24.3. The fraction of sp³-hybridized carbons (Fsp3) is 0.268. The van der Waals surface area contributed by atoms with Crippen molar-refractivity contribution in [3.05, 3.63) is 159 Å². The highest BCUT2D eigenvalue weighted by molar-refractivity contribution is 6.34. The van der Waals surface area contributed by atoms with Gasteiger partial charge in [-0.3, -0.25) is 9.59 Å². The number of anilines is 3. The number of benzene rings is 3. The van der Waals surface area contributed by atoms with Crippen molar-refractivity contribution in [1.29, 1.82) is 0 Å². The number of methoxy groups -OCH3 is 3. The first-order valence-electron chi connectivity index (χ1n) is 24.2. The summed E-state index contributed by atoms with van der Waals surface area (Å²) < 4.78 is 89.8. The van der Waals surface area contributed by atoms with Crippen LogP contribution in [0.5, 0.6) is 34.5 Å². The minimum absolute atomic E-state index is 0.00729. The van der Waals surface area contributed by atoms with Gasteiger partial charge >= 0.3 is 0 Å². The topological polar surface area (TPSA) is 150 Å². The van der Waals surface area contributed by atoms with E-state index in [1.807, 2.05) is 27.7 Å². The molecule has 6 heterocycles. The molecule has 392 valence electrons.